The Hall–Kier alpha value is -1.92. The van der Waals surface area contributed by atoms with Gasteiger partial charge < -0.3 is 10.1 Å². The zero-order valence-electron chi connectivity index (χ0n) is 10.1. The first-order valence-electron chi connectivity index (χ1n) is 5.68. The monoisotopic (exact) mass is 255 g/mol. The molecule has 0 bridgehead atoms. The van der Waals surface area contributed by atoms with E-state index in [0.29, 0.717) is 0 Å². The van der Waals surface area contributed by atoms with Crippen LogP contribution >= 0.6 is 0 Å². The predicted octanol–water partition coefficient (Wildman–Crippen LogP) is -0.0481. The van der Waals surface area contributed by atoms with E-state index >= 15 is 0 Å². The average molecular weight is 255 g/mol. The molecule has 2 heterocycles. The molecule has 1 aromatic heterocycles. The molecule has 0 unspecified atom stereocenters. The second-order valence-corrected chi connectivity index (χ2v) is 4.10. The lowest BCUT2D eigenvalue weighted by Crippen LogP contribution is -2.29. The molecule has 1 aliphatic rings. The largest absolute Gasteiger partial charge is 0.465 e. The summed E-state index contributed by atoms with van der Waals surface area (Å²) >= 11 is 0. The lowest BCUT2D eigenvalue weighted by molar-refractivity contribution is -0.151. The van der Waals surface area contributed by atoms with Crippen molar-refractivity contribution in [3.05, 3.63) is 17.7 Å². The Balaban J connectivity index is 2.29. The Morgan fingerprint density at radius 1 is 1.72 bits per heavy atom. The lowest BCUT2D eigenvalue weighted by atomic mass is 9.90. The number of esters is 1. The second kappa shape index (κ2) is 4.75. The molecule has 0 saturated carbocycles. The van der Waals surface area contributed by atoms with E-state index < -0.39 is 29.7 Å². The van der Waals surface area contributed by atoms with E-state index in [1.807, 2.05) is 0 Å². The Bertz CT molecular complexity index is 486. The van der Waals surface area contributed by atoms with Crippen molar-refractivity contribution >= 4 is 11.9 Å². The molecule has 0 radical (unpaired) electrons. The molecule has 1 fully saturated rings. The normalized spacial score (nSPS) is 22.9. The third-order valence-corrected chi connectivity index (χ3v) is 3.01. The number of aromatic nitrogens is 2. The molecular formula is C11H14FN3O3. The molecule has 18 heavy (non-hydrogen) atoms. The zero-order valence-corrected chi connectivity index (χ0v) is 10.1. The van der Waals surface area contributed by atoms with Crippen molar-refractivity contribution in [1.82, 2.24) is 15.1 Å². The molecule has 1 aromatic rings. The van der Waals surface area contributed by atoms with Crippen LogP contribution in [0, 0.1) is 11.9 Å². The van der Waals surface area contributed by atoms with Gasteiger partial charge in [0.05, 0.1) is 12.8 Å². The van der Waals surface area contributed by atoms with Crippen molar-refractivity contribution in [1.29, 1.82) is 0 Å². The van der Waals surface area contributed by atoms with Crippen molar-refractivity contribution in [2.75, 3.05) is 13.2 Å². The Labute approximate surface area is 103 Å². The Morgan fingerprint density at radius 3 is 3.00 bits per heavy atom. The molecule has 2 rings (SSSR count). The van der Waals surface area contributed by atoms with Gasteiger partial charge in [-0.25, -0.2) is 4.68 Å². The molecule has 2 atom stereocenters. The zero-order chi connectivity index (χ0) is 13.3. The van der Waals surface area contributed by atoms with Crippen LogP contribution in [0.25, 0.3) is 0 Å². The maximum absolute atomic E-state index is 13.8. The molecule has 7 heteroatoms. The summed E-state index contributed by atoms with van der Waals surface area (Å²) in [5, 5.41) is 6.33. The minimum Gasteiger partial charge on any atom is -0.465 e. The van der Waals surface area contributed by atoms with Crippen LogP contribution < -0.4 is 5.32 Å². The maximum atomic E-state index is 13.8. The van der Waals surface area contributed by atoms with Gasteiger partial charge in [-0.3, -0.25) is 9.59 Å². The minimum atomic E-state index is -0.997. The molecule has 1 N–H and O–H groups in total. The molecular weight excluding hydrogens is 241 g/mol. The third kappa shape index (κ3) is 1.96. The average Bonchev–Trinajstić information content (AvgIpc) is 2.85. The van der Waals surface area contributed by atoms with Gasteiger partial charge in [0.2, 0.25) is 11.9 Å². The van der Waals surface area contributed by atoms with Crippen molar-refractivity contribution in [2.45, 2.75) is 12.8 Å². The number of nitrogens with zero attached hydrogens (tertiary/aromatic N) is 2. The van der Waals surface area contributed by atoms with Crippen LogP contribution in [0.1, 0.15) is 18.4 Å². The topological polar surface area (TPSA) is 73.2 Å². The molecule has 0 spiro atoms. The van der Waals surface area contributed by atoms with E-state index in [-0.39, 0.29) is 18.7 Å². The second-order valence-electron chi connectivity index (χ2n) is 4.10. The Morgan fingerprint density at radius 2 is 2.44 bits per heavy atom. The number of hydrogen-bond acceptors (Lipinski definition) is 4. The highest BCUT2D eigenvalue weighted by Gasteiger charge is 2.43. The van der Waals surface area contributed by atoms with Crippen LogP contribution in [0.5, 0.6) is 0 Å². The molecule has 1 aliphatic heterocycles. The number of carbonyl (C=O) groups excluding carboxylic acids is 2. The van der Waals surface area contributed by atoms with Gasteiger partial charge in [-0.2, -0.15) is 9.49 Å². The first-order chi connectivity index (χ1) is 8.56. The van der Waals surface area contributed by atoms with Crippen LogP contribution in [0.15, 0.2) is 6.20 Å². The van der Waals surface area contributed by atoms with E-state index in [9.17, 15) is 14.0 Å². The molecule has 6 nitrogen and oxygen atoms in total. The van der Waals surface area contributed by atoms with Gasteiger partial charge in [-0.1, -0.05) is 0 Å². The van der Waals surface area contributed by atoms with Crippen molar-refractivity contribution in [3.8, 4) is 0 Å². The number of amides is 1. The first kappa shape index (κ1) is 12.5. The summed E-state index contributed by atoms with van der Waals surface area (Å²) in [6.07, 6.45) is 1.34. The highest BCUT2D eigenvalue weighted by molar-refractivity contribution is 6.00. The van der Waals surface area contributed by atoms with Crippen LogP contribution in [0.3, 0.4) is 0 Å². The SMILES string of the molecule is CCOC(=O)[C@H]1C(=O)NC[C@@H]1c1cnn(C)c1F. The van der Waals surface area contributed by atoms with Gasteiger partial charge in [0.15, 0.2) is 0 Å². The number of rotatable bonds is 3. The molecule has 1 amide bonds. The lowest BCUT2D eigenvalue weighted by Gasteiger charge is -2.13. The van der Waals surface area contributed by atoms with Gasteiger partial charge in [0.25, 0.3) is 0 Å². The molecule has 1 saturated heterocycles. The fraction of sp³-hybridized carbons (Fsp3) is 0.545. The van der Waals surface area contributed by atoms with Crippen LogP contribution in [-0.2, 0) is 21.4 Å². The summed E-state index contributed by atoms with van der Waals surface area (Å²) in [7, 11) is 1.46. The summed E-state index contributed by atoms with van der Waals surface area (Å²) in [4.78, 5) is 23.4. The van der Waals surface area contributed by atoms with Gasteiger partial charge in [-0.15, -0.1) is 0 Å². The predicted molar refractivity (Wildman–Crippen MR) is 59.0 cm³/mol. The molecule has 0 aliphatic carbocycles. The fourth-order valence-electron chi connectivity index (χ4n) is 2.10. The number of hydrogen-bond donors (Lipinski definition) is 1. The fourth-order valence-corrected chi connectivity index (χ4v) is 2.10. The molecule has 98 valence electrons. The number of carbonyl (C=O) groups is 2. The van der Waals surface area contributed by atoms with E-state index in [1.54, 1.807) is 6.92 Å². The summed E-state index contributed by atoms with van der Waals surface area (Å²) in [6.45, 7) is 2.06. The van der Waals surface area contributed by atoms with Crippen molar-refractivity contribution in [3.63, 3.8) is 0 Å². The highest BCUT2D eigenvalue weighted by atomic mass is 19.1. The summed E-state index contributed by atoms with van der Waals surface area (Å²) in [6, 6.07) is 0. The summed E-state index contributed by atoms with van der Waals surface area (Å²) in [5.74, 6) is -3.15. The maximum Gasteiger partial charge on any atom is 0.319 e. The van der Waals surface area contributed by atoms with Crippen molar-refractivity contribution in [2.24, 2.45) is 13.0 Å². The van der Waals surface area contributed by atoms with Gasteiger partial charge in [-0.05, 0) is 6.92 Å². The van der Waals surface area contributed by atoms with Gasteiger partial charge in [0.1, 0.15) is 5.92 Å². The third-order valence-electron chi connectivity index (χ3n) is 3.01. The van der Waals surface area contributed by atoms with Crippen LogP contribution in [0.2, 0.25) is 0 Å². The van der Waals surface area contributed by atoms with Gasteiger partial charge in [0, 0.05) is 25.1 Å². The van der Waals surface area contributed by atoms with E-state index in [0.717, 1.165) is 4.68 Å². The number of halogens is 1. The quantitative estimate of drug-likeness (QED) is 0.607. The summed E-state index contributed by atoms with van der Waals surface area (Å²) < 4.78 is 19.7. The van der Waals surface area contributed by atoms with Gasteiger partial charge >= 0.3 is 5.97 Å². The van der Waals surface area contributed by atoms with Crippen molar-refractivity contribution < 1.29 is 18.7 Å². The van der Waals surface area contributed by atoms with Crippen LogP contribution in [0.4, 0.5) is 4.39 Å². The highest BCUT2D eigenvalue weighted by Crippen LogP contribution is 2.31. The number of aryl methyl sites for hydroxylation is 1. The smallest absolute Gasteiger partial charge is 0.319 e. The Kier molecular flexibility index (Phi) is 3.31. The van der Waals surface area contributed by atoms with E-state index in [4.69, 9.17) is 4.74 Å². The van der Waals surface area contributed by atoms with Crippen LogP contribution in [-0.4, -0.2) is 34.8 Å². The number of ether oxygens (including phenoxy) is 1. The van der Waals surface area contributed by atoms with E-state index in [2.05, 4.69) is 10.4 Å². The standard InChI is InChI=1S/C11H14FN3O3/c1-3-18-11(17)8-6(4-13-10(8)16)7-5-14-15(2)9(7)12/h5-6,8H,3-4H2,1-2H3,(H,13,16)/t6-,8-/m1/s1. The molecule has 0 aromatic carbocycles. The first-order valence-corrected chi connectivity index (χ1v) is 5.68. The summed E-state index contributed by atoms with van der Waals surface area (Å²) in [5.41, 5.74) is 0.258. The van der Waals surface area contributed by atoms with E-state index in [1.165, 1.54) is 13.2 Å². The number of nitrogens with one attached hydrogen (secondary N) is 1. The minimum absolute atomic E-state index is 0.185.